The van der Waals surface area contributed by atoms with Crippen LogP contribution >= 0.6 is 15.9 Å². The van der Waals surface area contributed by atoms with Gasteiger partial charge in [0.15, 0.2) is 0 Å². The van der Waals surface area contributed by atoms with Crippen LogP contribution in [0.1, 0.15) is 64.2 Å². The molecule has 5 atom stereocenters. The summed E-state index contributed by atoms with van der Waals surface area (Å²) in [4.78, 5) is 43.4. The lowest BCUT2D eigenvalue weighted by molar-refractivity contribution is -0.144. The summed E-state index contributed by atoms with van der Waals surface area (Å²) < 4.78 is 7.41. The highest BCUT2D eigenvalue weighted by Gasteiger charge is 2.73. The van der Waals surface area contributed by atoms with Crippen LogP contribution < -0.4 is 10.6 Å². The predicted molar refractivity (Wildman–Crippen MR) is 139 cm³/mol. The van der Waals surface area contributed by atoms with Crippen LogP contribution in [0.2, 0.25) is 0 Å². The van der Waals surface area contributed by atoms with Crippen molar-refractivity contribution >= 4 is 39.3 Å². The van der Waals surface area contributed by atoms with Crippen LogP contribution in [0.4, 0.5) is 5.69 Å². The molecule has 1 aromatic carbocycles. The summed E-state index contributed by atoms with van der Waals surface area (Å²) in [7, 11) is 0. The molecule has 1 spiro atoms. The Labute approximate surface area is 220 Å². The van der Waals surface area contributed by atoms with Crippen LogP contribution in [0, 0.1) is 11.8 Å². The molecule has 2 N–H and O–H groups in total. The number of hydrogen-bond acceptors (Lipinski definition) is 4. The number of anilines is 1. The third-order valence-electron chi connectivity index (χ3n) is 8.89. The lowest BCUT2D eigenvalue weighted by atomic mass is 9.74. The molecule has 0 unspecified atom stereocenters. The Morgan fingerprint density at radius 3 is 2.31 bits per heavy atom. The number of benzene rings is 1. The third-order valence-corrected chi connectivity index (χ3v) is 9.42. The van der Waals surface area contributed by atoms with E-state index in [0.29, 0.717) is 5.69 Å². The second-order valence-electron chi connectivity index (χ2n) is 11.1. The Morgan fingerprint density at radius 1 is 0.944 bits per heavy atom. The van der Waals surface area contributed by atoms with E-state index < -0.39 is 29.6 Å². The average molecular weight is 557 g/mol. The molecule has 3 heterocycles. The molecule has 4 fully saturated rings. The summed E-state index contributed by atoms with van der Waals surface area (Å²) in [6, 6.07) is 6.81. The van der Waals surface area contributed by atoms with Crippen molar-refractivity contribution in [3.63, 3.8) is 0 Å². The molecule has 5 aliphatic rings. The molecule has 7 nitrogen and oxygen atoms in total. The summed E-state index contributed by atoms with van der Waals surface area (Å²) in [5, 5.41) is 6.26. The summed E-state index contributed by atoms with van der Waals surface area (Å²) >= 11 is 3.42. The topological polar surface area (TPSA) is 87.7 Å². The van der Waals surface area contributed by atoms with Crippen LogP contribution in [0.5, 0.6) is 0 Å². The van der Waals surface area contributed by atoms with E-state index in [-0.39, 0.29) is 29.8 Å². The summed E-state index contributed by atoms with van der Waals surface area (Å²) in [6.07, 6.45) is 13.7. The Kier molecular flexibility index (Phi) is 6.44. The monoisotopic (exact) mass is 555 g/mol. The van der Waals surface area contributed by atoms with Crippen molar-refractivity contribution in [2.75, 3.05) is 5.32 Å². The predicted octanol–water partition coefficient (Wildman–Crippen LogP) is 4.32. The molecular formula is C28H34BrN3O4. The number of rotatable bonds is 5. The van der Waals surface area contributed by atoms with Gasteiger partial charge < -0.3 is 20.3 Å². The summed E-state index contributed by atoms with van der Waals surface area (Å²) in [6.45, 7) is 0. The maximum absolute atomic E-state index is 14.1. The minimum atomic E-state index is -1.08. The van der Waals surface area contributed by atoms with Gasteiger partial charge in [-0.15, -0.1) is 0 Å². The zero-order valence-corrected chi connectivity index (χ0v) is 22.0. The second-order valence-corrected chi connectivity index (χ2v) is 12.0. The quantitative estimate of drug-likeness (QED) is 0.529. The Morgan fingerprint density at radius 2 is 1.61 bits per heavy atom. The number of carbonyl (C=O) groups is 3. The first-order chi connectivity index (χ1) is 17.5. The minimum Gasteiger partial charge on any atom is -0.359 e. The molecule has 2 saturated carbocycles. The number of amides is 3. The maximum atomic E-state index is 14.1. The molecule has 6 rings (SSSR count). The average Bonchev–Trinajstić information content (AvgIpc) is 3.54. The van der Waals surface area contributed by atoms with Crippen molar-refractivity contribution in [1.82, 2.24) is 10.2 Å². The SMILES string of the molecule is O=C(Nc1ccc(Br)cc1)[C@H]1[C@H]2C=C[C@@]3(O2)[C@H]1C(=O)N(C1CCCCC1)[C@@H]3C(=O)NC1CCCCC1. The summed E-state index contributed by atoms with van der Waals surface area (Å²) in [5.74, 6) is -1.81. The molecule has 36 heavy (non-hydrogen) atoms. The summed E-state index contributed by atoms with van der Waals surface area (Å²) in [5.41, 5.74) is -0.412. The van der Waals surface area contributed by atoms with E-state index in [2.05, 4.69) is 26.6 Å². The number of ether oxygens (including phenoxy) is 1. The zero-order valence-electron chi connectivity index (χ0n) is 20.5. The third kappa shape index (κ3) is 4.01. The number of nitrogens with zero attached hydrogens (tertiary/aromatic N) is 1. The van der Waals surface area contributed by atoms with E-state index in [1.165, 1.54) is 6.42 Å². The second kappa shape index (κ2) is 9.60. The van der Waals surface area contributed by atoms with Gasteiger partial charge in [0.1, 0.15) is 11.6 Å². The van der Waals surface area contributed by atoms with E-state index in [9.17, 15) is 14.4 Å². The molecule has 0 aromatic heterocycles. The Hall–Kier alpha value is -2.19. The van der Waals surface area contributed by atoms with Gasteiger partial charge in [-0.1, -0.05) is 66.6 Å². The van der Waals surface area contributed by atoms with Gasteiger partial charge in [-0.2, -0.15) is 0 Å². The van der Waals surface area contributed by atoms with Gasteiger partial charge in [0.05, 0.1) is 17.9 Å². The van der Waals surface area contributed by atoms with Gasteiger partial charge in [-0.25, -0.2) is 0 Å². The molecule has 3 aliphatic heterocycles. The first-order valence-corrected chi connectivity index (χ1v) is 14.3. The van der Waals surface area contributed by atoms with Crippen molar-refractivity contribution in [2.45, 2.75) is 94.0 Å². The minimum absolute atomic E-state index is 0.0135. The lowest BCUT2D eigenvalue weighted by Crippen LogP contribution is -2.58. The first-order valence-electron chi connectivity index (χ1n) is 13.5. The van der Waals surface area contributed by atoms with E-state index in [1.807, 2.05) is 41.3 Å². The largest absolute Gasteiger partial charge is 0.359 e. The molecule has 0 radical (unpaired) electrons. The smallest absolute Gasteiger partial charge is 0.246 e. The molecule has 192 valence electrons. The van der Waals surface area contributed by atoms with Gasteiger partial charge in [0.25, 0.3) is 0 Å². The number of hydrogen-bond donors (Lipinski definition) is 2. The van der Waals surface area contributed by atoms with Crippen LogP contribution in [-0.2, 0) is 19.1 Å². The maximum Gasteiger partial charge on any atom is 0.246 e. The number of fused-ring (bicyclic) bond motifs is 1. The normalized spacial score (nSPS) is 34.1. The highest BCUT2D eigenvalue weighted by atomic mass is 79.9. The fourth-order valence-corrected chi connectivity index (χ4v) is 7.51. The van der Waals surface area contributed by atoms with Crippen molar-refractivity contribution in [2.24, 2.45) is 11.8 Å². The fourth-order valence-electron chi connectivity index (χ4n) is 7.24. The van der Waals surface area contributed by atoms with Crippen molar-refractivity contribution < 1.29 is 19.1 Å². The van der Waals surface area contributed by atoms with Crippen molar-refractivity contribution in [3.05, 3.63) is 40.9 Å². The van der Waals surface area contributed by atoms with Gasteiger partial charge in [-0.3, -0.25) is 14.4 Å². The van der Waals surface area contributed by atoms with Crippen molar-refractivity contribution in [3.8, 4) is 0 Å². The zero-order chi connectivity index (χ0) is 24.9. The van der Waals surface area contributed by atoms with Crippen LogP contribution in [0.15, 0.2) is 40.9 Å². The number of likely N-dealkylation sites (tertiary alicyclic amines) is 1. The van der Waals surface area contributed by atoms with Gasteiger partial charge in [0, 0.05) is 22.2 Å². The number of carbonyl (C=O) groups excluding carboxylic acids is 3. The standard InChI is InChI=1S/C28H34BrN3O4/c29-17-11-13-19(14-12-17)30-25(33)22-21-15-16-28(36-21)23(22)27(35)32(20-9-5-2-6-10-20)24(28)26(34)31-18-7-3-1-4-8-18/h11-16,18,20-24H,1-10H2,(H,30,33)(H,31,34)/t21-,22+,23-,24-,28-/m1/s1. The molecule has 1 aromatic rings. The van der Waals surface area contributed by atoms with Crippen LogP contribution in [0.25, 0.3) is 0 Å². The molecule has 8 heteroatoms. The fraction of sp³-hybridized carbons (Fsp3) is 0.607. The van der Waals surface area contributed by atoms with E-state index >= 15 is 0 Å². The number of nitrogens with one attached hydrogen (secondary N) is 2. The first kappa shape index (κ1) is 24.2. The Balaban J connectivity index is 1.31. The van der Waals surface area contributed by atoms with E-state index in [1.54, 1.807) is 0 Å². The molecule has 2 saturated heterocycles. The molecule has 3 amide bonds. The van der Waals surface area contributed by atoms with Crippen LogP contribution in [0.3, 0.4) is 0 Å². The van der Waals surface area contributed by atoms with Gasteiger partial charge in [0.2, 0.25) is 17.7 Å². The lowest BCUT2D eigenvalue weighted by Gasteiger charge is -2.39. The number of halogens is 1. The van der Waals surface area contributed by atoms with Gasteiger partial charge >= 0.3 is 0 Å². The molecular weight excluding hydrogens is 522 g/mol. The van der Waals surface area contributed by atoms with Gasteiger partial charge in [-0.05, 0) is 49.9 Å². The Bertz CT molecular complexity index is 1060. The highest BCUT2D eigenvalue weighted by Crippen LogP contribution is 2.56. The van der Waals surface area contributed by atoms with Crippen LogP contribution in [-0.4, -0.2) is 52.5 Å². The van der Waals surface area contributed by atoms with E-state index in [4.69, 9.17) is 4.74 Å². The highest BCUT2D eigenvalue weighted by molar-refractivity contribution is 9.10. The molecule has 2 bridgehead atoms. The molecule has 2 aliphatic carbocycles. The van der Waals surface area contributed by atoms with Crippen molar-refractivity contribution in [1.29, 1.82) is 0 Å². The van der Waals surface area contributed by atoms with E-state index in [0.717, 1.165) is 62.3 Å².